The molecule has 124 valence electrons. The number of hydrogen-bond acceptors (Lipinski definition) is 2. The second-order valence-corrected chi connectivity index (χ2v) is 6.63. The van der Waals surface area contributed by atoms with Gasteiger partial charge in [0, 0.05) is 44.0 Å². The van der Waals surface area contributed by atoms with Crippen LogP contribution in [-0.4, -0.2) is 38.2 Å². The number of likely N-dealkylation sites (tertiary alicyclic amines) is 1. The molecule has 3 aromatic rings. The third-order valence-corrected chi connectivity index (χ3v) is 4.96. The van der Waals surface area contributed by atoms with Crippen molar-refractivity contribution in [3.05, 3.63) is 54.5 Å². The van der Waals surface area contributed by atoms with Crippen molar-refractivity contribution in [2.75, 3.05) is 13.1 Å². The number of amides is 1. The first kappa shape index (κ1) is 15.0. The highest BCUT2D eigenvalue weighted by molar-refractivity contribution is 5.83. The van der Waals surface area contributed by atoms with Crippen molar-refractivity contribution in [1.82, 2.24) is 19.2 Å². The molecular weight excluding hydrogens is 300 g/mol. The quantitative estimate of drug-likeness (QED) is 0.744. The summed E-state index contributed by atoms with van der Waals surface area (Å²) in [4.78, 5) is 14.8. The Morgan fingerprint density at radius 1 is 1.29 bits per heavy atom. The number of para-hydroxylation sites is 1. The van der Waals surface area contributed by atoms with E-state index in [0.717, 1.165) is 31.4 Å². The molecule has 1 fully saturated rings. The van der Waals surface area contributed by atoms with Crippen molar-refractivity contribution < 1.29 is 4.79 Å². The van der Waals surface area contributed by atoms with Gasteiger partial charge in [0.2, 0.25) is 5.91 Å². The van der Waals surface area contributed by atoms with Gasteiger partial charge in [-0.05, 0) is 35.9 Å². The highest BCUT2D eigenvalue weighted by atomic mass is 16.2. The molecular formula is C19H22N4O. The molecule has 1 aliphatic heterocycles. The van der Waals surface area contributed by atoms with Crippen LogP contribution in [-0.2, 0) is 18.4 Å². The zero-order chi connectivity index (χ0) is 16.5. The lowest BCUT2D eigenvalue weighted by molar-refractivity contribution is -0.133. The van der Waals surface area contributed by atoms with Gasteiger partial charge in [-0.25, -0.2) is 0 Å². The molecule has 5 heteroatoms. The standard InChI is InChI=1S/C19H22N4O/c1-21-12-17(11-20-21)16-6-4-9-23(13-16)19(24)14-22-10-8-15-5-2-3-7-18(15)22/h2-3,5,7-8,10-12,16H,4,6,9,13-14H2,1H3. The number of carbonyl (C=O) groups excluding carboxylic acids is 1. The van der Waals surface area contributed by atoms with Crippen LogP contribution in [0.1, 0.15) is 24.3 Å². The average Bonchev–Trinajstić information content (AvgIpc) is 3.22. The van der Waals surface area contributed by atoms with E-state index < -0.39 is 0 Å². The molecule has 1 atom stereocenters. The van der Waals surface area contributed by atoms with E-state index in [9.17, 15) is 4.79 Å². The Morgan fingerprint density at radius 2 is 2.17 bits per heavy atom. The van der Waals surface area contributed by atoms with Crippen LogP contribution in [0, 0.1) is 0 Å². The van der Waals surface area contributed by atoms with Crippen molar-refractivity contribution in [3.8, 4) is 0 Å². The van der Waals surface area contributed by atoms with Crippen LogP contribution in [0.4, 0.5) is 0 Å². The largest absolute Gasteiger partial charge is 0.341 e. The maximum absolute atomic E-state index is 12.8. The number of rotatable bonds is 3. The molecule has 0 radical (unpaired) electrons. The van der Waals surface area contributed by atoms with Gasteiger partial charge in [0.1, 0.15) is 6.54 Å². The van der Waals surface area contributed by atoms with E-state index in [-0.39, 0.29) is 5.91 Å². The summed E-state index contributed by atoms with van der Waals surface area (Å²) in [6, 6.07) is 10.3. The van der Waals surface area contributed by atoms with Crippen LogP contribution < -0.4 is 0 Å². The van der Waals surface area contributed by atoms with Crippen molar-refractivity contribution in [2.45, 2.75) is 25.3 Å². The number of hydrogen-bond donors (Lipinski definition) is 0. The van der Waals surface area contributed by atoms with Gasteiger partial charge >= 0.3 is 0 Å². The van der Waals surface area contributed by atoms with Gasteiger partial charge < -0.3 is 9.47 Å². The second-order valence-electron chi connectivity index (χ2n) is 6.63. The van der Waals surface area contributed by atoms with Gasteiger partial charge in [0.15, 0.2) is 0 Å². The van der Waals surface area contributed by atoms with Crippen molar-refractivity contribution in [1.29, 1.82) is 0 Å². The molecule has 3 heterocycles. The van der Waals surface area contributed by atoms with Crippen LogP contribution in [0.25, 0.3) is 10.9 Å². The van der Waals surface area contributed by atoms with Crippen LogP contribution >= 0.6 is 0 Å². The van der Waals surface area contributed by atoms with Crippen molar-refractivity contribution in [3.63, 3.8) is 0 Å². The first-order valence-electron chi connectivity index (χ1n) is 8.51. The van der Waals surface area contributed by atoms with Crippen LogP contribution in [0.2, 0.25) is 0 Å². The lowest BCUT2D eigenvalue weighted by Gasteiger charge is -2.32. The number of carbonyl (C=O) groups is 1. The third-order valence-electron chi connectivity index (χ3n) is 4.96. The van der Waals surface area contributed by atoms with Gasteiger partial charge in [-0.2, -0.15) is 5.10 Å². The van der Waals surface area contributed by atoms with Crippen LogP contribution in [0.3, 0.4) is 0 Å². The Balaban J connectivity index is 1.48. The molecule has 2 aromatic heterocycles. The number of aryl methyl sites for hydroxylation is 1. The van der Waals surface area contributed by atoms with Gasteiger partial charge in [-0.15, -0.1) is 0 Å². The topological polar surface area (TPSA) is 43.1 Å². The fraction of sp³-hybridized carbons (Fsp3) is 0.368. The van der Waals surface area contributed by atoms with E-state index in [2.05, 4.69) is 29.5 Å². The van der Waals surface area contributed by atoms with Crippen LogP contribution in [0.15, 0.2) is 48.9 Å². The molecule has 0 saturated carbocycles. The normalized spacial score (nSPS) is 18.2. The van der Waals surface area contributed by atoms with Crippen LogP contribution in [0.5, 0.6) is 0 Å². The number of aromatic nitrogens is 3. The molecule has 1 saturated heterocycles. The lowest BCUT2D eigenvalue weighted by Crippen LogP contribution is -2.40. The maximum atomic E-state index is 12.8. The summed E-state index contributed by atoms with van der Waals surface area (Å²) < 4.78 is 3.88. The minimum Gasteiger partial charge on any atom is -0.341 e. The number of nitrogens with zero attached hydrogens (tertiary/aromatic N) is 4. The van der Waals surface area contributed by atoms with E-state index >= 15 is 0 Å². The maximum Gasteiger partial charge on any atom is 0.242 e. The van der Waals surface area contributed by atoms with Gasteiger partial charge in [-0.1, -0.05) is 18.2 Å². The number of piperidine rings is 1. The van der Waals surface area contributed by atoms with E-state index in [1.54, 1.807) is 0 Å². The summed E-state index contributed by atoms with van der Waals surface area (Å²) >= 11 is 0. The number of fused-ring (bicyclic) bond motifs is 1. The predicted octanol–water partition coefficient (Wildman–Crippen LogP) is 2.78. The SMILES string of the molecule is Cn1cc(C2CCCN(C(=O)Cn3ccc4ccccc43)C2)cn1. The fourth-order valence-electron chi connectivity index (χ4n) is 3.65. The molecule has 0 aliphatic carbocycles. The first-order chi connectivity index (χ1) is 11.7. The molecule has 0 N–H and O–H groups in total. The van der Waals surface area contributed by atoms with Gasteiger partial charge in [-0.3, -0.25) is 9.48 Å². The molecule has 1 aromatic carbocycles. The van der Waals surface area contributed by atoms with E-state index in [0.29, 0.717) is 12.5 Å². The summed E-state index contributed by atoms with van der Waals surface area (Å²) in [5, 5.41) is 5.44. The Bertz CT molecular complexity index is 863. The van der Waals surface area contributed by atoms with E-state index in [4.69, 9.17) is 0 Å². The summed E-state index contributed by atoms with van der Waals surface area (Å²) in [6.45, 7) is 2.06. The predicted molar refractivity (Wildman–Crippen MR) is 93.7 cm³/mol. The molecule has 24 heavy (non-hydrogen) atoms. The van der Waals surface area contributed by atoms with Crippen molar-refractivity contribution in [2.24, 2.45) is 7.05 Å². The monoisotopic (exact) mass is 322 g/mol. The minimum absolute atomic E-state index is 0.199. The molecule has 4 rings (SSSR count). The summed E-state index contributed by atoms with van der Waals surface area (Å²) in [7, 11) is 1.94. The van der Waals surface area contributed by atoms with E-state index in [1.807, 2.05) is 45.7 Å². The molecule has 1 aliphatic rings. The molecule has 0 bridgehead atoms. The smallest absolute Gasteiger partial charge is 0.242 e. The molecule has 5 nitrogen and oxygen atoms in total. The average molecular weight is 322 g/mol. The highest BCUT2D eigenvalue weighted by Crippen LogP contribution is 2.26. The molecule has 0 spiro atoms. The summed E-state index contributed by atoms with van der Waals surface area (Å²) in [5.41, 5.74) is 2.35. The first-order valence-corrected chi connectivity index (χ1v) is 8.51. The third kappa shape index (κ3) is 2.82. The zero-order valence-corrected chi connectivity index (χ0v) is 13.9. The van der Waals surface area contributed by atoms with Crippen molar-refractivity contribution >= 4 is 16.8 Å². The second kappa shape index (κ2) is 6.15. The van der Waals surface area contributed by atoms with Gasteiger partial charge in [0.05, 0.1) is 6.20 Å². The fourth-order valence-corrected chi connectivity index (χ4v) is 3.65. The Kier molecular flexibility index (Phi) is 3.84. The highest BCUT2D eigenvalue weighted by Gasteiger charge is 2.25. The minimum atomic E-state index is 0.199. The number of benzene rings is 1. The summed E-state index contributed by atoms with van der Waals surface area (Å²) in [5.74, 6) is 0.600. The Hall–Kier alpha value is -2.56. The molecule has 1 amide bonds. The lowest BCUT2D eigenvalue weighted by atomic mass is 9.93. The Morgan fingerprint density at radius 3 is 3.00 bits per heavy atom. The zero-order valence-electron chi connectivity index (χ0n) is 13.9. The van der Waals surface area contributed by atoms with Gasteiger partial charge in [0.25, 0.3) is 0 Å². The summed E-state index contributed by atoms with van der Waals surface area (Å²) in [6.07, 6.45) is 8.18. The van der Waals surface area contributed by atoms with E-state index in [1.165, 1.54) is 10.9 Å². The Labute approximate surface area is 141 Å². The molecule has 1 unspecified atom stereocenters.